The predicted molar refractivity (Wildman–Crippen MR) is 68.4 cm³/mol. The third-order valence-corrected chi connectivity index (χ3v) is 2.13. The van der Waals surface area contributed by atoms with Gasteiger partial charge in [0.15, 0.2) is 0 Å². The Morgan fingerprint density at radius 3 is 2.40 bits per heavy atom. The van der Waals surface area contributed by atoms with Gasteiger partial charge in [-0.05, 0) is 55.7 Å². The molecule has 0 fully saturated rings. The Morgan fingerprint density at radius 2 is 1.87 bits per heavy atom. The van der Waals surface area contributed by atoms with Crippen molar-refractivity contribution < 1.29 is 4.74 Å². The number of rotatable bonds is 3. The Hall–Kier alpha value is -1.09. The molecule has 1 aromatic rings. The summed E-state index contributed by atoms with van der Waals surface area (Å²) in [6, 6.07) is 6.23. The highest BCUT2D eigenvalue weighted by Crippen LogP contribution is 2.13. The van der Waals surface area contributed by atoms with E-state index in [0.29, 0.717) is 11.8 Å². The number of ether oxygens (including phenoxy) is 1. The molecular weight excluding hydrogens is 206 g/mol. The Kier molecular flexibility index (Phi) is 4.56. The van der Waals surface area contributed by atoms with Gasteiger partial charge in [0.05, 0.1) is 6.61 Å². The van der Waals surface area contributed by atoms with Gasteiger partial charge in [-0.3, -0.25) is 0 Å². The molecule has 2 nitrogen and oxygen atoms in total. The quantitative estimate of drug-likeness (QED) is 0.793. The standard InChI is InChI=1S/C12H17NOS/c1-4-5-14-12(15)13-11-7-9(2)6-10(3)8-11/h6-8H,4-5H2,1-3H3,(H,13,15). The van der Waals surface area contributed by atoms with Crippen molar-refractivity contribution in [2.75, 3.05) is 11.9 Å². The average Bonchev–Trinajstić information content (AvgIpc) is 2.13. The molecule has 0 spiro atoms. The lowest BCUT2D eigenvalue weighted by Crippen LogP contribution is -2.13. The minimum atomic E-state index is 0.446. The molecule has 0 aromatic heterocycles. The topological polar surface area (TPSA) is 21.3 Å². The summed E-state index contributed by atoms with van der Waals surface area (Å²) in [4.78, 5) is 0. The minimum Gasteiger partial charge on any atom is -0.471 e. The molecule has 0 unspecified atom stereocenters. The van der Waals surface area contributed by atoms with E-state index in [-0.39, 0.29) is 0 Å². The Bertz CT molecular complexity index is 329. The molecule has 0 radical (unpaired) electrons. The van der Waals surface area contributed by atoms with Crippen molar-refractivity contribution >= 4 is 23.1 Å². The third kappa shape index (κ3) is 4.30. The zero-order valence-electron chi connectivity index (χ0n) is 9.46. The number of thiocarbonyl (C=S) groups is 1. The van der Waals surface area contributed by atoms with Gasteiger partial charge in [0.25, 0.3) is 5.17 Å². The van der Waals surface area contributed by atoms with E-state index in [1.165, 1.54) is 11.1 Å². The van der Waals surface area contributed by atoms with Gasteiger partial charge in [-0.25, -0.2) is 0 Å². The smallest absolute Gasteiger partial charge is 0.261 e. The molecule has 0 atom stereocenters. The van der Waals surface area contributed by atoms with Crippen molar-refractivity contribution in [3.8, 4) is 0 Å². The highest BCUT2D eigenvalue weighted by atomic mass is 32.1. The number of hydrogen-bond donors (Lipinski definition) is 1. The molecule has 0 aliphatic heterocycles. The first-order valence-electron chi connectivity index (χ1n) is 5.14. The Labute approximate surface area is 96.6 Å². The Balaban J connectivity index is 2.60. The van der Waals surface area contributed by atoms with Crippen molar-refractivity contribution in [1.29, 1.82) is 0 Å². The molecule has 0 aliphatic carbocycles. The molecule has 0 saturated carbocycles. The fraction of sp³-hybridized carbons (Fsp3) is 0.417. The monoisotopic (exact) mass is 223 g/mol. The van der Waals surface area contributed by atoms with Crippen LogP contribution in [0.15, 0.2) is 18.2 Å². The molecule has 0 amide bonds. The zero-order valence-corrected chi connectivity index (χ0v) is 10.3. The summed E-state index contributed by atoms with van der Waals surface area (Å²) in [5.41, 5.74) is 3.43. The lowest BCUT2D eigenvalue weighted by Gasteiger charge is -2.10. The van der Waals surface area contributed by atoms with E-state index in [0.717, 1.165) is 12.1 Å². The van der Waals surface area contributed by atoms with Gasteiger partial charge < -0.3 is 10.1 Å². The van der Waals surface area contributed by atoms with Gasteiger partial charge in [-0.2, -0.15) is 0 Å². The first kappa shape index (κ1) is 12.0. The van der Waals surface area contributed by atoms with Crippen molar-refractivity contribution in [2.24, 2.45) is 0 Å². The summed E-state index contributed by atoms with van der Waals surface area (Å²) in [5.74, 6) is 0. The van der Waals surface area contributed by atoms with Crippen LogP contribution in [0.4, 0.5) is 5.69 Å². The van der Waals surface area contributed by atoms with Crippen molar-refractivity contribution in [3.05, 3.63) is 29.3 Å². The first-order chi connectivity index (χ1) is 7.11. The predicted octanol–water partition coefficient (Wildman–Crippen LogP) is 3.43. The summed E-state index contributed by atoms with van der Waals surface area (Å²) in [7, 11) is 0. The fourth-order valence-corrected chi connectivity index (χ4v) is 1.60. The number of hydrogen-bond acceptors (Lipinski definition) is 2. The van der Waals surface area contributed by atoms with Crippen LogP contribution < -0.4 is 5.32 Å². The molecule has 0 aliphatic rings. The summed E-state index contributed by atoms with van der Waals surface area (Å²) in [6.07, 6.45) is 0.967. The van der Waals surface area contributed by atoms with Crippen LogP contribution in [-0.2, 0) is 4.74 Å². The molecule has 0 heterocycles. The van der Waals surface area contributed by atoms with Crippen LogP contribution in [0.1, 0.15) is 24.5 Å². The number of anilines is 1. The van der Waals surface area contributed by atoms with Crippen molar-refractivity contribution in [1.82, 2.24) is 0 Å². The normalized spacial score (nSPS) is 9.80. The lowest BCUT2D eigenvalue weighted by atomic mass is 10.1. The van der Waals surface area contributed by atoms with Gasteiger partial charge in [0.2, 0.25) is 0 Å². The second-order valence-corrected chi connectivity index (χ2v) is 4.01. The Morgan fingerprint density at radius 1 is 1.27 bits per heavy atom. The SMILES string of the molecule is CCCOC(=S)Nc1cc(C)cc(C)c1. The summed E-state index contributed by atoms with van der Waals surface area (Å²) >= 11 is 5.05. The maximum Gasteiger partial charge on any atom is 0.261 e. The number of benzene rings is 1. The van der Waals surface area contributed by atoms with Gasteiger partial charge in [0, 0.05) is 5.69 Å². The maximum atomic E-state index is 5.30. The van der Waals surface area contributed by atoms with E-state index < -0.39 is 0 Å². The van der Waals surface area contributed by atoms with Crippen LogP contribution in [0.3, 0.4) is 0 Å². The van der Waals surface area contributed by atoms with Gasteiger partial charge >= 0.3 is 0 Å². The summed E-state index contributed by atoms with van der Waals surface area (Å²) in [6.45, 7) is 6.85. The van der Waals surface area contributed by atoms with Crippen LogP contribution >= 0.6 is 12.2 Å². The molecule has 3 heteroatoms. The second kappa shape index (κ2) is 5.71. The molecule has 0 bridgehead atoms. The van der Waals surface area contributed by atoms with Crippen LogP contribution in [0.5, 0.6) is 0 Å². The summed E-state index contributed by atoms with van der Waals surface area (Å²) < 4.78 is 5.30. The van der Waals surface area contributed by atoms with E-state index in [9.17, 15) is 0 Å². The molecule has 1 rings (SSSR count). The van der Waals surface area contributed by atoms with Crippen LogP contribution in [0.25, 0.3) is 0 Å². The van der Waals surface area contributed by atoms with Crippen molar-refractivity contribution in [2.45, 2.75) is 27.2 Å². The van der Waals surface area contributed by atoms with E-state index in [2.05, 4.69) is 44.3 Å². The highest BCUT2D eigenvalue weighted by molar-refractivity contribution is 7.80. The van der Waals surface area contributed by atoms with E-state index in [1.54, 1.807) is 0 Å². The van der Waals surface area contributed by atoms with Crippen LogP contribution in [0.2, 0.25) is 0 Å². The molecule has 1 aromatic carbocycles. The van der Waals surface area contributed by atoms with Crippen LogP contribution in [-0.4, -0.2) is 11.8 Å². The van der Waals surface area contributed by atoms with Gasteiger partial charge in [-0.15, -0.1) is 0 Å². The molecular formula is C12H17NOS. The second-order valence-electron chi connectivity index (χ2n) is 3.64. The number of nitrogens with one attached hydrogen (secondary N) is 1. The third-order valence-electron chi connectivity index (χ3n) is 1.91. The number of aryl methyl sites for hydroxylation is 2. The first-order valence-corrected chi connectivity index (χ1v) is 5.54. The van der Waals surface area contributed by atoms with Gasteiger partial charge in [0.1, 0.15) is 0 Å². The van der Waals surface area contributed by atoms with Gasteiger partial charge in [-0.1, -0.05) is 13.0 Å². The minimum absolute atomic E-state index is 0.446. The van der Waals surface area contributed by atoms with E-state index in [4.69, 9.17) is 17.0 Å². The summed E-state index contributed by atoms with van der Waals surface area (Å²) in [5, 5.41) is 3.51. The molecule has 1 N–H and O–H groups in total. The molecule has 82 valence electrons. The molecule has 15 heavy (non-hydrogen) atoms. The highest BCUT2D eigenvalue weighted by Gasteiger charge is 1.99. The van der Waals surface area contributed by atoms with E-state index in [1.807, 2.05) is 0 Å². The maximum absolute atomic E-state index is 5.30. The van der Waals surface area contributed by atoms with E-state index >= 15 is 0 Å². The van der Waals surface area contributed by atoms with Crippen LogP contribution in [0, 0.1) is 13.8 Å². The van der Waals surface area contributed by atoms with Crippen molar-refractivity contribution in [3.63, 3.8) is 0 Å². The average molecular weight is 223 g/mol. The lowest BCUT2D eigenvalue weighted by molar-refractivity contribution is 0.312. The fourth-order valence-electron chi connectivity index (χ4n) is 1.40. The molecule has 0 saturated heterocycles. The zero-order chi connectivity index (χ0) is 11.3. The largest absolute Gasteiger partial charge is 0.471 e.